The molecule has 1 aromatic heterocycles. The summed E-state index contributed by atoms with van der Waals surface area (Å²) in [4.78, 5) is 27.4. The SMILES string of the molecule is COc1ccc(Cl)cc1-n1c(C)cc(C(=O)OCC(=O)N(C2CC2)[C@@H]2CCS(=O)(=O)C2)c1C. The van der Waals surface area contributed by atoms with E-state index in [1.807, 2.05) is 11.5 Å². The number of amides is 1. The number of halogens is 1. The van der Waals surface area contributed by atoms with Crippen molar-refractivity contribution in [1.29, 1.82) is 0 Å². The molecule has 0 radical (unpaired) electrons. The van der Waals surface area contributed by atoms with Crippen LogP contribution < -0.4 is 4.74 Å². The van der Waals surface area contributed by atoms with Crippen molar-refractivity contribution in [3.8, 4) is 11.4 Å². The van der Waals surface area contributed by atoms with Crippen molar-refractivity contribution >= 4 is 33.3 Å². The van der Waals surface area contributed by atoms with Crippen LogP contribution >= 0.6 is 11.6 Å². The lowest BCUT2D eigenvalue weighted by molar-refractivity contribution is -0.137. The second-order valence-electron chi connectivity index (χ2n) is 8.60. The highest BCUT2D eigenvalue weighted by atomic mass is 35.5. The summed E-state index contributed by atoms with van der Waals surface area (Å²) >= 11 is 6.17. The van der Waals surface area contributed by atoms with E-state index < -0.39 is 22.4 Å². The number of carbonyl (C=O) groups excluding carboxylic acids is 2. The monoisotopic (exact) mass is 494 g/mol. The number of methoxy groups -OCH3 is 1. The number of nitrogens with zero attached hydrogens (tertiary/aromatic N) is 2. The van der Waals surface area contributed by atoms with Gasteiger partial charge in [-0.3, -0.25) is 4.79 Å². The molecular weight excluding hydrogens is 468 g/mol. The van der Waals surface area contributed by atoms with Gasteiger partial charge >= 0.3 is 5.97 Å². The molecule has 33 heavy (non-hydrogen) atoms. The molecule has 1 aliphatic heterocycles. The maximum atomic E-state index is 12.9. The van der Waals surface area contributed by atoms with Crippen molar-refractivity contribution in [2.75, 3.05) is 25.2 Å². The minimum Gasteiger partial charge on any atom is -0.495 e. The summed E-state index contributed by atoms with van der Waals surface area (Å²) in [5, 5.41) is 0.530. The molecule has 0 unspecified atom stereocenters. The first-order chi connectivity index (χ1) is 15.6. The number of aryl methyl sites for hydroxylation is 1. The molecule has 2 fully saturated rings. The highest BCUT2D eigenvalue weighted by Crippen LogP contribution is 2.33. The number of ether oxygens (including phenoxy) is 2. The Bertz CT molecular complexity index is 1200. The Morgan fingerprint density at radius 3 is 2.48 bits per heavy atom. The van der Waals surface area contributed by atoms with Gasteiger partial charge in [0.2, 0.25) is 0 Å². The van der Waals surface area contributed by atoms with Crippen LogP contribution in [-0.4, -0.2) is 67.1 Å². The van der Waals surface area contributed by atoms with Gasteiger partial charge in [-0.25, -0.2) is 13.2 Å². The lowest BCUT2D eigenvalue weighted by Crippen LogP contribution is -2.44. The average molecular weight is 495 g/mol. The quantitative estimate of drug-likeness (QED) is 0.549. The normalized spacial score (nSPS) is 19.3. The van der Waals surface area contributed by atoms with Crippen LogP contribution in [-0.2, 0) is 19.4 Å². The summed E-state index contributed by atoms with van der Waals surface area (Å²) < 4.78 is 36.4. The van der Waals surface area contributed by atoms with E-state index in [1.54, 1.807) is 43.2 Å². The number of hydrogen-bond acceptors (Lipinski definition) is 6. The molecule has 1 amide bonds. The predicted molar refractivity (Wildman–Crippen MR) is 124 cm³/mol. The Balaban J connectivity index is 1.50. The van der Waals surface area contributed by atoms with Crippen LogP contribution in [0, 0.1) is 13.8 Å². The molecule has 0 N–H and O–H groups in total. The molecule has 1 atom stereocenters. The molecule has 1 saturated heterocycles. The van der Waals surface area contributed by atoms with E-state index in [-0.39, 0.29) is 29.5 Å². The number of aromatic nitrogens is 1. The van der Waals surface area contributed by atoms with Crippen molar-refractivity contribution < 1.29 is 27.5 Å². The van der Waals surface area contributed by atoms with E-state index >= 15 is 0 Å². The third-order valence-corrected chi connectivity index (χ3v) is 8.18. The Hall–Kier alpha value is -2.52. The van der Waals surface area contributed by atoms with Crippen LogP contribution in [0.5, 0.6) is 5.75 Å². The van der Waals surface area contributed by atoms with Gasteiger partial charge < -0.3 is 18.9 Å². The van der Waals surface area contributed by atoms with Crippen molar-refractivity contribution in [3.05, 3.63) is 46.2 Å². The molecule has 4 rings (SSSR count). The Morgan fingerprint density at radius 2 is 1.88 bits per heavy atom. The molecule has 1 aliphatic carbocycles. The second kappa shape index (κ2) is 9.02. The fraction of sp³-hybridized carbons (Fsp3) is 0.478. The van der Waals surface area contributed by atoms with Gasteiger partial charge in [0.25, 0.3) is 5.91 Å². The molecule has 178 valence electrons. The van der Waals surface area contributed by atoms with Gasteiger partial charge in [-0.2, -0.15) is 0 Å². The van der Waals surface area contributed by atoms with Gasteiger partial charge in [0, 0.05) is 28.5 Å². The minimum atomic E-state index is -3.12. The van der Waals surface area contributed by atoms with Crippen molar-refractivity contribution in [3.63, 3.8) is 0 Å². The van der Waals surface area contributed by atoms with Gasteiger partial charge in [-0.1, -0.05) is 11.6 Å². The van der Waals surface area contributed by atoms with E-state index in [2.05, 4.69) is 0 Å². The molecule has 0 spiro atoms. The Kier molecular flexibility index (Phi) is 6.46. The van der Waals surface area contributed by atoms with Gasteiger partial charge in [-0.05, 0) is 57.4 Å². The highest BCUT2D eigenvalue weighted by Gasteiger charge is 2.42. The summed E-state index contributed by atoms with van der Waals surface area (Å²) in [7, 11) is -1.56. The first kappa shape index (κ1) is 23.6. The van der Waals surface area contributed by atoms with Crippen molar-refractivity contribution in [2.24, 2.45) is 0 Å². The zero-order chi connectivity index (χ0) is 23.9. The molecular formula is C23H27ClN2O6S. The van der Waals surface area contributed by atoms with Crippen LogP contribution in [0.15, 0.2) is 24.3 Å². The summed E-state index contributed by atoms with van der Waals surface area (Å²) in [6, 6.07) is 6.62. The molecule has 2 aliphatic rings. The van der Waals surface area contributed by atoms with Crippen LogP contribution in [0.25, 0.3) is 5.69 Å². The maximum Gasteiger partial charge on any atom is 0.340 e. The number of sulfone groups is 1. The van der Waals surface area contributed by atoms with Gasteiger partial charge in [-0.15, -0.1) is 0 Å². The largest absolute Gasteiger partial charge is 0.495 e. The van der Waals surface area contributed by atoms with E-state index in [1.165, 1.54) is 0 Å². The summed E-state index contributed by atoms with van der Waals surface area (Å²) in [6.45, 7) is 3.21. The summed E-state index contributed by atoms with van der Waals surface area (Å²) in [5.74, 6) is -0.293. The summed E-state index contributed by atoms with van der Waals surface area (Å²) in [6.07, 6.45) is 2.12. The first-order valence-electron chi connectivity index (χ1n) is 10.8. The van der Waals surface area contributed by atoms with Gasteiger partial charge in [0.05, 0.1) is 29.9 Å². The molecule has 10 heteroatoms. The standard InChI is InChI=1S/C23H27ClN2O6S/c1-14-10-19(15(2)25(14)20-11-16(24)4-7-21(20)31-3)23(28)32-12-22(27)26(17-5-6-17)18-8-9-33(29,30)13-18/h4,7,10-11,17-18H,5-6,8-9,12-13H2,1-3H3/t18-/m1/s1. The number of benzene rings is 1. The first-order valence-corrected chi connectivity index (χ1v) is 13.0. The zero-order valence-electron chi connectivity index (χ0n) is 18.8. The fourth-order valence-electron chi connectivity index (χ4n) is 4.51. The van der Waals surface area contributed by atoms with Crippen LogP contribution in [0.4, 0.5) is 0 Å². The van der Waals surface area contributed by atoms with Gasteiger partial charge in [0.15, 0.2) is 16.4 Å². The van der Waals surface area contributed by atoms with E-state index in [0.717, 1.165) is 18.5 Å². The minimum absolute atomic E-state index is 0.0220. The molecule has 2 aromatic rings. The van der Waals surface area contributed by atoms with Crippen LogP contribution in [0.1, 0.15) is 41.0 Å². The maximum absolute atomic E-state index is 12.9. The number of rotatable bonds is 7. The lowest BCUT2D eigenvalue weighted by atomic mass is 10.2. The average Bonchev–Trinajstić information content (AvgIpc) is 3.46. The topological polar surface area (TPSA) is 94.9 Å². The number of carbonyl (C=O) groups is 2. The van der Waals surface area contributed by atoms with Crippen molar-refractivity contribution in [1.82, 2.24) is 9.47 Å². The van der Waals surface area contributed by atoms with E-state index in [0.29, 0.717) is 34.1 Å². The van der Waals surface area contributed by atoms with Crippen LogP contribution in [0.2, 0.25) is 5.02 Å². The third kappa shape index (κ3) is 4.89. The fourth-order valence-corrected chi connectivity index (χ4v) is 6.39. The van der Waals surface area contributed by atoms with E-state index in [4.69, 9.17) is 21.1 Å². The third-order valence-electron chi connectivity index (χ3n) is 6.19. The Morgan fingerprint density at radius 1 is 1.15 bits per heavy atom. The molecule has 1 aromatic carbocycles. The number of esters is 1. The highest BCUT2D eigenvalue weighted by molar-refractivity contribution is 7.91. The predicted octanol–water partition coefficient (Wildman–Crippen LogP) is 3.09. The van der Waals surface area contributed by atoms with Gasteiger partial charge in [0.1, 0.15) is 5.75 Å². The Labute approximate surface area is 198 Å². The summed E-state index contributed by atoms with van der Waals surface area (Å²) in [5.41, 5.74) is 2.44. The molecule has 8 nitrogen and oxygen atoms in total. The molecule has 2 heterocycles. The lowest BCUT2D eigenvalue weighted by Gasteiger charge is -2.28. The molecule has 1 saturated carbocycles. The van der Waals surface area contributed by atoms with Crippen molar-refractivity contribution in [2.45, 2.75) is 45.2 Å². The number of hydrogen-bond donors (Lipinski definition) is 0. The van der Waals surface area contributed by atoms with E-state index in [9.17, 15) is 18.0 Å². The second-order valence-corrected chi connectivity index (χ2v) is 11.3. The molecule has 0 bridgehead atoms. The smallest absolute Gasteiger partial charge is 0.340 e. The zero-order valence-corrected chi connectivity index (χ0v) is 20.4. The van der Waals surface area contributed by atoms with Crippen LogP contribution in [0.3, 0.4) is 0 Å².